The predicted molar refractivity (Wildman–Crippen MR) is 60.9 cm³/mol. The second-order valence-corrected chi connectivity index (χ2v) is 4.48. The zero-order valence-corrected chi connectivity index (χ0v) is 9.92. The van der Waals surface area contributed by atoms with Crippen molar-refractivity contribution in [2.24, 2.45) is 5.73 Å². The predicted octanol–water partition coefficient (Wildman–Crippen LogP) is 0.509. The number of rotatable bonds is 6. The molecule has 90 valence electrons. The Morgan fingerprint density at radius 3 is 2.67 bits per heavy atom. The first-order valence-electron chi connectivity index (χ1n) is 5.76. The van der Waals surface area contributed by atoms with Crippen molar-refractivity contribution >= 4 is 0 Å². The fourth-order valence-electron chi connectivity index (χ4n) is 1.87. The van der Waals surface area contributed by atoms with E-state index in [2.05, 4.69) is 12.2 Å². The van der Waals surface area contributed by atoms with Crippen molar-refractivity contribution in [3.63, 3.8) is 0 Å². The van der Waals surface area contributed by atoms with Crippen LogP contribution in [0.1, 0.15) is 26.2 Å². The summed E-state index contributed by atoms with van der Waals surface area (Å²) < 4.78 is 10.6. The molecule has 0 aliphatic carbocycles. The Kier molecular flexibility index (Phi) is 5.53. The third-order valence-corrected chi connectivity index (χ3v) is 3.21. The summed E-state index contributed by atoms with van der Waals surface area (Å²) in [6, 6.07) is 0. The summed E-state index contributed by atoms with van der Waals surface area (Å²) in [7, 11) is 1.72. The van der Waals surface area contributed by atoms with E-state index in [1.165, 1.54) is 0 Å². The van der Waals surface area contributed by atoms with Gasteiger partial charge in [-0.1, -0.05) is 0 Å². The maximum absolute atomic E-state index is 5.56. The van der Waals surface area contributed by atoms with E-state index in [0.717, 1.165) is 39.0 Å². The maximum Gasteiger partial charge on any atom is 0.0705 e. The van der Waals surface area contributed by atoms with Gasteiger partial charge in [-0.15, -0.1) is 0 Å². The van der Waals surface area contributed by atoms with Gasteiger partial charge in [0, 0.05) is 32.4 Å². The Morgan fingerprint density at radius 1 is 1.47 bits per heavy atom. The average molecular weight is 216 g/mol. The highest BCUT2D eigenvalue weighted by atomic mass is 16.5. The number of ether oxygens (including phenoxy) is 2. The molecule has 1 rings (SSSR count). The number of methoxy groups -OCH3 is 1. The van der Waals surface area contributed by atoms with Crippen LogP contribution < -0.4 is 11.1 Å². The van der Waals surface area contributed by atoms with Gasteiger partial charge in [-0.05, 0) is 32.7 Å². The van der Waals surface area contributed by atoms with E-state index >= 15 is 0 Å². The summed E-state index contributed by atoms with van der Waals surface area (Å²) in [6.45, 7) is 5.56. The van der Waals surface area contributed by atoms with Gasteiger partial charge >= 0.3 is 0 Å². The van der Waals surface area contributed by atoms with Crippen molar-refractivity contribution in [1.29, 1.82) is 0 Å². The first-order chi connectivity index (χ1) is 7.20. The minimum atomic E-state index is 0.181. The van der Waals surface area contributed by atoms with Crippen LogP contribution in [-0.2, 0) is 9.47 Å². The molecule has 0 aromatic heterocycles. The molecule has 3 N–H and O–H groups in total. The van der Waals surface area contributed by atoms with Crippen molar-refractivity contribution < 1.29 is 9.47 Å². The van der Waals surface area contributed by atoms with Crippen molar-refractivity contribution in [2.75, 3.05) is 33.4 Å². The maximum atomic E-state index is 5.56. The molecule has 0 bridgehead atoms. The topological polar surface area (TPSA) is 56.5 Å². The number of hydrogen-bond acceptors (Lipinski definition) is 4. The van der Waals surface area contributed by atoms with E-state index in [1.807, 2.05) is 0 Å². The van der Waals surface area contributed by atoms with Crippen LogP contribution in [0.25, 0.3) is 0 Å². The third kappa shape index (κ3) is 4.47. The minimum absolute atomic E-state index is 0.181. The van der Waals surface area contributed by atoms with Gasteiger partial charge in [-0.25, -0.2) is 0 Å². The van der Waals surface area contributed by atoms with Crippen LogP contribution >= 0.6 is 0 Å². The van der Waals surface area contributed by atoms with E-state index in [4.69, 9.17) is 15.2 Å². The Hall–Kier alpha value is -0.160. The van der Waals surface area contributed by atoms with Gasteiger partial charge in [0.05, 0.1) is 6.10 Å². The number of nitrogens with one attached hydrogen (secondary N) is 1. The molecular weight excluding hydrogens is 192 g/mol. The summed E-state index contributed by atoms with van der Waals surface area (Å²) in [5.74, 6) is 0. The van der Waals surface area contributed by atoms with Crippen LogP contribution in [0.5, 0.6) is 0 Å². The lowest BCUT2D eigenvalue weighted by molar-refractivity contribution is 0.0419. The molecule has 0 radical (unpaired) electrons. The molecule has 1 saturated heterocycles. The van der Waals surface area contributed by atoms with Gasteiger partial charge in [0.15, 0.2) is 0 Å². The monoisotopic (exact) mass is 216 g/mol. The highest BCUT2D eigenvalue weighted by Gasteiger charge is 2.26. The second-order valence-electron chi connectivity index (χ2n) is 4.48. The molecule has 4 heteroatoms. The molecule has 1 aliphatic rings. The van der Waals surface area contributed by atoms with Gasteiger partial charge in [0.1, 0.15) is 0 Å². The summed E-state index contributed by atoms with van der Waals surface area (Å²) in [6.07, 6.45) is 3.34. The van der Waals surface area contributed by atoms with Crippen LogP contribution in [0.2, 0.25) is 0 Å². The van der Waals surface area contributed by atoms with Crippen LogP contribution in [0.4, 0.5) is 0 Å². The molecule has 0 aromatic carbocycles. The van der Waals surface area contributed by atoms with Crippen molar-refractivity contribution in [3.8, 4) is 0 Å². The first kappa shape index (κ1) is 12.9. The van der Waals surface area contributed by atoms with Crippen LogP contribution in [0.15, 0.2) is 0 Å². The lowest BCUT2D eigenvalue weighted by atomic mass is 9.92. The van der Waals surface area contributed by atoms with Crippen LogP contribution in [-0.4, -0.2) is 45.1 Å². The highest BCUT2D eigenvalue weighted by molar-refractivity contribution is 4.85. The molecule has 0 aromatic rings. The van der Waals surface area contributed by atoms with E-state index in [-0.39, 0.29) is 11.6 Å². The zero-order chi connectivity index (χ0) is 11.1. The molecule has 1 unspecified atom stereocenters. The molecule has 4 nitrogen and oxygen atoms in total. The lowest BCUT2D eigenvalue weighted by Gasteiger charge is -2.35. The number of hydrogen-bond donors (Lipinski definition) is 2. The normalized spacial score (nSPS) is 22.6. The molecule has 0 saturated carbocycles. The highest BCUT2D eigenvalue weighted by Crippen LogP contribution is 2.19. The van der Waals surface area contributed by atoms with Crippen LogP contribution in [0.3, 0.4) is 0 Å². The quantitative estimate of drug-likeness (QED) is 0.679. The van der Waals surface area contributed by atoms with Gasteiger partial charge < -0.3 is 20.5 Å². The average Bonchev–Trinajstić information content (AvgIpc) is 2.25. The smallest absolute Gasteiger partial charge is 0.0705 e. The Morgan fingerprint density at radius 2 is 2.13 bits per heavy atom. The standard InChI is InChI=1S/C11H24N2O2/c1-11(4-7-15-8-5-11)13-6-3-10(9-12)14-2/h10,13H,3-9,12H2,1-2H3. The van der Waals surface area contributed by atoms with E-state index < -0.39 is 0 Å². The van der Waals surface area contributed by atoms with Crippen LogP contribution in [0, 0.1) is 0 Å². The van der Waals surface area contributed by atoms with Gasteiger partial charge in [-0.2, -0.15) is 0 Å². The van der Waals surface area contributed by atoms with Crippen molar-refractivity contribution in [3.05, 3.63) is 0 Å². The number of nitrogens with two attached hydrogens (primary N) is 1. The van der Waals surface area contributed by atoms with E-state index in [9.17, 15) is 0 Å². The van der Waals surface area contributed by atoms with Crippen molar-refractivity contribution in [2.45, 2.75) is 37.8 Å². The van der Waals surface area contributed by atoms with Gasteiger partial charge in [-0.3, -0.25) is 0 Å². The fourth-order valence-corrected chi connectivity index (χ4v) is 1.87. The molecule has 1 atom stereocenters. The van der Waals surface area contributed by atoms with Crippen molar-refractivity contribution in [1.82, 2.24) is 5.32 Å². The van der Waals surface area contributed by atoms with Gasteiger partial charge in [0.2, 0.25) is 0 Å². The summed E-state index contributed by atoms with van der Waals surface area (Å²) in [4.78, 5) is 0. The van der Waals surface area contributed by atoms with E-state index in [1.54, 1.807) is 7.11 Å². The Labute approximate surface area is 92.5 Å². The Bertz CT molecular complexity index is 166. The SMILES string of the molecule is COC(CN)CCNC1(C)CCOCC1. The summed E-state index contributed by atoms with van der Waals surface area (Å²) >= 11 is 0. The zero-order valence-electron chi connectivity index (χ0n) is 9.92. The molecule has 1 aliphatic heterocycles. The molecule has 15 heavy (non-hydrogen) atoms. The first-order valence-corrected chi connectivity index (χ1v) is 5.76. The Balaban J connectivity index is 2.17. The fraction of sp³-hybridized carbons (Fsp3) is 1.00. The lowest BCUT2D eigenvalue weighted by Crippen LogP contribution is -2.47. The second kappa shape index (κ2) is 6.43. The van der Waals surface area contributed by atoms with E-state index in [0.29, 0.717) is 6.54 Å². The summed E-state index contributed by atoms with van der Waals surface area (Å²) in [5.41, 5.74) is 5.80. The van der Waals surface area contributed by atoms with Gasteiger partial charge in [0.25, 0.3) is 0 Å². The molecular formula is C11H24N2O2. The molecule has 1 heterocycles. The molecule has 1 fully saturated rings. The third-order valence-electron chi connectivity index (χ3n) is 3.21. The minimum Gasteiger partial charge on any atom is -0.381 e. The molecule has 0 amide bonds. The summed E-state index contributed by atoms with van der Waals surface area (Å²) in [5, 5.41) is 3.58. The largest absolute Gasteiger partial charge is 0.381 e. The molecule has 0 spiro atoms.